The predicted molar refractivity (Wildman–Crippen MR) is 74.1 cm³/mol. The lowest BCUT2D eigenvalue weighted by Crippen LogP contribution is -2.43. The van der Waals surface area contributed by atoms with Crippen LogP contribution in [0.15, 0.2) is 24.4 Å². The normalized spacial score (nSPS) is 23.5. The lowest BCUT2D eigenvalue weighted by molar-refractivity contribution is 0.204. The monoisotopic (exact) mass is 251 g/mol. The van der Waals surface area contributed by atoms with Gasteiger partial charge < -0.3 is 5.73 Å². The average molecular weight is 251 g/mol. The molecule has 2 N–H and O–H groups in total. The van der Waals surface area contributed by atoms with Gasteiger partial charge >= 0.3 is 0 Å². The summed E-state index contributed by atoms with van der Waals surface area (Å²) < 4.78 is 0. The average Bonchev–Trinajstić information content (AvgIpc) is 2.41. The van der Waals surface area contributed by atoms with Crippen molar-refractivity contribution in [3.05, 3.63) is 30.1 Å². The molecule has 1 fully saturated rings. The zero-order valence-electron chi connectivity index (χ0n) is 10.4. The summed E-state index contributed by atoms with van der Waals surface area (Å²) in [6, 6.07) is 6.37. The molecule has 0 bridgehead atoms. The molecule has 4 heteroatoms. The molecule has 17 heavy (non-hydrogen) atoms. The van der Waals surface area contributed by atoms with E-state index in [-0.39, 0.29) is 6.04 Å². The molecule has 0 spiro atoms. The van der Waals surface area contributed by atoms with E-state index in [1.807, 2.05) is 18.3 Å². The molecule has 0 aromatic carbocycles. The number of nitrogens with zero attached hydrogens (tertiary/aromatic N) is 2. The molecule has 0 saturated carbocycles. The minimum absolute atomic E-state index is 0.283. The van der Waals surface area contributed by atoms with Crippen LogP contribution in [-0.4, -0.2) is 40.5 Å². The van der Waals surface area contributed by atoms with Gasteiger partial charge in [0, 0.05) is 36.8 Å². The maximum absolute atomic E-state index is 5.93. The summed E-state index contributed by atoms with van der Waals surface area (Å²) >= 11 is 2.09. The first kappa shape index (κ1) is 12.9. The lowest BCUT2D eigenvalue weighted by atomic mass is 10.1. The largest absolute Gasteiger partial charge is 0.329 e. The van der Waals surface area contributed by atoms with E-state index in [2.05, 4.69) is 34.6 Å². The van der Waals surface area contributed by atoms with E-state index in [9.17, 15) is 0 Å². The fraction of sp³-hybridized carbons (Fsp3) is 0.615. The van der Waals surface area contributed by atoms with Crippen LogP contribution >= 0.6 is 11.8 Å². The Labute approximate surface area is 108 Å². The van der Waals surface area contributed by atoms with Gasteiger partial charge in [-0.1, -0.05) is 13.0 Å². The van der Waals surface area contributed by atoms with Gasteiger partial charge in [-0.25, -0.2) is 0 Å². The van der Waals surface area contributed by atoms with Gasteiger partial charge in [0.15, 0.2) is 0 Å². The summed E-state index contributed by atoms with van der Waals surface area (Å²) in [6.07, 6.45) is 3.09. The number of rotatable bonds is 4. The Morgan fingerprint density at radius 3 is 3.12 bits per heavy atom. The fourth-order valence-corrected chi connectivity index (χ4v) is 3.51. The summed E-state index contributed by atoms with van der Waals surface area (Å²) in [5, 5.41) is 0.751. The van der Waals surface area contributed by atoms with Gasteiger partial charge in [0.2, 0.25) is 0 Å². The van der Waals surface area contributed by atoms with Crippen LogP contribution in [0.3, 0.4) is 0 Å². The van der Waals surface area contributed by atoms with Gasteiger partial charge in [0.1, 0.15) is 0 Å². The Kier molecular flexibility index (Phi) is 4.83. The van der Waals surface area contributed by atoms with Gasteiger partial charge in [-0.3, -0.25) is 9.88 Å². The van der Waals surface area contributed by atoms with Crippen LogP contribution in [0.25, 0.3) is 0 Å². The molecular formula is C13H21N3S. The Balaban J connectivity index is 2.08. The Hall–Kier alpha value is -0.580. The number of pyridine rings is 1. The number of aromatic nitrogens is 1. The van der Waals surface area contributed by atoms with Gasteiger partial charge in [-0.15, -0.1) is 0 Å². The summed E-state index contributed by atoms with van der Waals surface area (Å²) in [5.41, 5.74) is 7.04. The van der Waals surface area contributed by atoms with Crippen LogP contribution < -0.4 is 5.73 Å². The summed E-state index contributed by atoms with van der Waals surface area (Å²) in [6.45, 7) is 5.18. The van der Waals surface area contributed by atoms with Crippen molar-refractivity contribution in [1.82, 2.24) is 9.88 Å². The van der Waals surface area contributed by atoms with Gasteiger partial charge in [0.25, 0.3) is 0 Å². The van der Waals surface area contributed by atoms with Gasteiger partial charge in [-0.05, 0) is 18.6 Å². The molecule has 2 unspecified atom stereocenters. The Morgan fingerprint density at radius 2 is 2.47 bits per heavy atom. The first-order valence-corrected chi connectivity index (χ1v) is 7.36. The van der Waals surface area contributed by atoms with Crippen molar-refractivity contribution in [1.29, 1.82) is 0 Å². The standard InChI is InChI=1S/C13H21N3S/c1-2-11-10-16(7-8-17-11)13(9-14)12-5-3-4-6-15-12/h3-6,11,13H,2,7-10,14H2,1H3. The second-order valence-corrected chi connectivity index (χ2v) is 5.81. The van der Waals surface area contributed by atoms with E-state index < -0.39 is 0 Å². The third kappa shape index (κ3) is 3.21. The van der Waals surface area contributed by atoms with Crippen LogP contribution in [0.5, 0.6) is 0 Å². The van der Waals surface area contributed by atoms with E-state index >= 15 is 0 Å². The molecule has 1 aromatic heterocycles. The molecule has 2 heterocycles. The van der Waals surface area contributed by atoms with Crippen LogP contribution in [-0.2, 0) is 0 Å². The topological polar surface area (TPSA) is 42.1 Å². The highest BCUT2D eigenvalue weighted by Gasteiger charge is 2.26. The maximum Gasteiger partial charge on any atom is 0.0645 e. The smallest absolute Gasteiger partial charge is 0.0645 e. The third-order valence-corrected chi connectivity index (χ3v) is 4.69. The second kappa shape index (κ2) is 6.38. The molecular weight excluding hydrogens is 230 g/mol. The molecule has 3 nitrogen and oxygen atoms in total. The molecule has 2 rings (SSSR count). The van der Waals surface area contributed by atoms with E-state index in [0.717, 1.165) is 24.0 Å². The fourth-order valence-electron chi connectivity index (χ4n) is 2.30. The van der Waals surface area contributed by atoms with E-state index in [4.69, 9.17) is 5.73 Å². The predicted octanol–water partition coefficient (Wildman–Crippen LogP) is 1.91. The number of nitrogens with two attached hydrogens (primary N) is 1. The highest BCUT2D eigenvalue weighted by molar-refractivity contribution is 8.00. The van der Waals surface area contributed by atoms with Crippen molar-refractivity contribution in [2.75, 3.05) is 25.4 Å². The van der Waals surface area contributed by atoms with Crippen molar-refractivity contribution in [3.8, 4) is 0 Å². The first-order valence-electron chi connectivity index (χ1n) is 6.31. The molecule has 1 saturated heterocycles. The SMILES string of the molecule is CCC1CN(C(CN)c2ccccn2)CCS1. The maximum atomic E-state index is 5.93. The lowest BCUT2D eigenvalue weighted by Gasteiger charge is -2.37. The zero-order valence-corrected chi connectivity index (χ0v) is 11.2. The molecule has 1 aromatic rings. The van der Waals surface area contributed by atoms with Crippen molar-refractivity contribution in [3.63, 3.8) is 0 Å². The van der Waals surface area contributed by atoms with Gasteiger partial charge in [-0.2, -0.15) is 11.8 Å². The minimum atomic E-state index is 0.283. The summed E-state index contributed by atoms with van der Waals surface area (Å²) in [5.74, 6) is 1.21. The van der Waals surface area contributed by atoms with Crippen molar-refractivity contribution in [2.24, 2.45) is 5.73 Å². The quantitative estimate of drug-likeness (QED) is 0.887. The summed E-state index contributed by atoms with van der Waals surface area (Å²) in [7, 11) is 0. The molecule has 1 aliphatic heterocycles. The van der Waals surface area contributed by atoms with E-state index in [1.165, 1.54) is 12.2 Å². The van der Waals surface area contributed by atoms with Crippen LogP contribution in [0.2, 0.25) is 0 Å². The van der Waals surface area contributed by atoms with Crippen molar-refractivity contribution < 1.29 is 0 Å². The molecule has 2 atom stereocenters. The van der Waals surface area contributed by atoms with E-state index in [1.54, 1.807) is 0 Å². The minimum Gasteiger partial charge on any atom is -0.329 e. The van der Waals surface area contributed by atoms with Crippen molar-refractivity contribution in [2.45, 2.75) is 24.6 Å². The highest BCUT2D eigenvalue weighted by atomic mass is 32.2. The zero-order chi connectivity index (χ0) is 12.1. The summed E-state index contributed by atoms with van der Waals surface area (Å²) in [4.78, 5) is 6.94. The molecule has 0 radical (unpaired) electrons. The number of hydrogen-bond acceptors (Lipinski definition) is 4. The van der Waals surface area contributed by atoms with E-state index in [0.29, 0.717) is 6.54 Å². The molecule has 0 amide bonds. The second-order valence-electron chi connectivity index (χ2n) is 4.40. The molecule has 1 aliphatic rings. The van der Waals surface area contributed by atoms with Gasteiger partial charge in [0.05, 0.1) is 11.7 Å². The Morgan fingerprint density at radius 1 is 1.59 bits per heavy atom. The molecule has 94 valence electrons. The number of hydrogen-bond donors (Lipinski definition) is 1. The molecule has 0 aliphatic carbocycles. The highest BCUT2D eigenvalue weighted by Crippen LogP contribution is 2.27. The van der Waals surface area contributed by atoms with Crippen LogP contribution in [0, 0.1) is 0 Å². The van der Waals surface area contributed by atoms with Crippen LogP contribution in [0.1, 0.15) is 25.1 Å². The third-order valence-electron chi connectivity index (χ3n) is 3.32. The number of thioether (sulfide) groups is 1. The van der Waals surface area contributed by atoms with Crippen molar-refractivity contribution >= 4 is 11.8 Å². The first-order chi connectivity index (χ1) is 8.35. The van der Waals surface area contributed by atoms with Crippen LogP contribution in [0.4, 0.5) is 0 Å². The Bertz CT molecular complexity index is 331.